The lowest BCUT2D eigenvalue weighted by molar-refractivity contribution is -0.148. The molecule has 0 bridgehead atoms. The summed E-state index contributed by atoms with van der Waals surface area (Å²) in [5.41, 5.74) is -0.832. The number of benzene rings is 1. The number of aliphatic hydroxyl groups excluding tert-OH is 1. The molecule has 0 aliphatic carbocycles. The second-order valence-electron chi connectivity index (χ2n) is 6.36. The summed E-state index contributed by atoms with van der Waals surface area (Å²) < 4.78 is 31.4. The van der Waals surface area contributed by atoms with Crippen molar-refractivity contribution in [3.05, 3.63) is 29.8 Å². The van der Waals surface area contributed by atoms with Gasteiger partial charge >= 0.3 is 5.97 Å². The fourth-order valence-corrected chi connectivity index (χ4v) is 3.21. The van der Waals surface area contributed by atoms with Crippen LogP contribution in [0.3, 0.4) is 0 Å². The zero-order chi connectivity index (χ0) is 17.2. The minimum absolute atomic E-state index is 0.0177. The molecule has 7 heteroatoms. The highest BCUT2D eigenvalue weighted by atomic mass is 32.2. The van der Waals surface area contributed by atoms with Crippen LogP contribution in [0.5, 0.6) is 0 Å². The maximum atomic E-state index is 12.4. The van der Waals surface area contributed by atoms with Crippen LogP contribution >= 0.6 is 0 Å². The lowest BCUT2D eigenvalue weighted by Crippen LogP contribution is -2.55. The Morgan fingerprint density at radius 3 is 2.05 bits per heavy atom. The summed E-state index contributed by atoms with van der Waals surface area (Å²) in [4.78, 5) is 11.7. The number of esters is 1. The Kier molecular flexibility index (Phi) is 5.38. The van der Waals surface area contributed by atoms with Gasteiger partial charge in [-0.25, -0.2) is 13.2 Å². The van der Waals surface area contributed by atoms with Gasteiger partial charge in [-0.3, -0.25) is 0 Å². The Morgan fingerprint density at radius 1 is 1.18 bits per heavy atom. The Bertz CT molecular complexity index is 631. The van der Waals surface area contributed by atoms with Gasteiger partial charge in [-0.15, -0.1) is 0 Å². The van der Waals surface area contributed by atoms with E-state index in [1.54, 1.807) is 12.1 Å². The third kappa shape index (κ3) is 4.06. The fourth-order valence-electron chi connectivity index (χ4n) is 1.85. The van der Waals surface area contributed by atoms with Crippen LogP contribution in [0.15, 0.2) is 29.2 Å². The number of carbonyl (C=O) groups is 1. The summed E-state index contributed by atoms with van der Waals surface area (Å²) in [6, 6.07) is 6.39. The van der Waals surface area contributed by atoms with Crippen molar-refractivity contribution >= 4 is 16.0 Å². The first-order chi connectivity index (χ1) is 9.96. The summed E-state index contributed by atoms with van der Waals surface area (Å²) in [5.74, 6) is -0.857. The molecule has 1 atom stereocenters. The van der Waals surface area contributed by atoms with Crippen LogP contribution < -0.4 is 4.72 Å². The number of hydrogen-bond acceptors (Lipinski definition) is 5. The van der Waals surface area contributed by atoms with Gasteiger partial charge < -0.3 is 9.84 Å². The van der Waals surface area contributed by atoms with Crippen LogP contribution in [0.4, 0.5) is 0 Å². The van der Waals surface area contributed by atoms with E-state index < -0.39 is 28.1 Å². The topological polar surface area (TPSA) is 92.7 Å². The number of hydrogen-bond donors (Lipinski definition) is 2. The molecule has 6 nitrogen and oxygen atoms in total. The van der Waals surface area contributed by atoms with Crippen molar-refractivity contribution in [2.45, 2.75) is 43.5 Å². The molecule has 0 saturated carbocycles. The van der Waals surface area contributed by atoms with Crippen LogP contribution in [0.25, 0.3) is 0 Å². The van der Waals surface area contributed by atoms with Crippen molar-refractivity contribution < 1.29 is 23.1 Å². The maximum Gasteiger partial charge on any atom is 0.329 e. The van der Waals surface area contributed by atoms with E-state index in [2.05, 4.69) is 9.46 Å². The van der Waals surface area contributed by atoms with Gasteiger partial charge in [0.05, 0.1) is 18.6 Å². The number of nitrogens with one attached hydrogen (secondary N) is 1. The van der Waals surface area contributed by atoms with E-state index in [1.807, 2.05) is 20.8 Å². The summed E-state index contributed by atoms with van der Waals surface area (Å²) in [6.45, 7) is 6.62. The van der Waals surface area contributed by atoms with Gasteiger partial charge in [-0.05, 0) is 30.0 Å². The Morgan fingerprint density at radius 2 is 1.68 bits per heavy atom. The average Bonchev–Trinajstić information content (AvgIpc) is 2.45. The third-order valence-electron chi connectivity index (χ3n) is 3.34. The van der Waals surface area contributed by atoms with E-state index in [9.17, 15) is 18.3 Å². The first kappa shape index (κ1) is 18.6. The quantitative estimate of drug-likeness (QED) is 0.792. The molecule has 1 unspecified atom stereocenters. The van der Waals surface area contributed by atoms with E-state index >= 15 is 0 Å². The molecule has 1 aromatic carbocycles. The number of carbonyl (C=O) groups excluding carboxylic acids is 1. The SMILES string of the molecule is COC(=O)C(C)(CO)NS(=O)(=O)c1ccc(C(C)(C)C)cc1. The lowest BCUT2D eigenvalue weighted by atomic mass is 9.87. The first-order valence-corrected chi connectivity index (χ1v) is 8.28. The number of aliphatic hydroxyl groups is 1. The highest BCUT2D eigenvalue weighted by Crippen LogP contribution is 2.24. The number of sulfonamides is 1. The molecule has 1 aromatic rings. The van der Waals surface area contributed by atoms with Crippen molar-refractivity contribution in [3.8, 4) is 0 Å². The van der Waals surface area contributed by atoms with Crippen LogP contribution in [0.2, 0.25) is 0 Å². The van der Waals surface area contributed by atoms with Crippen molar-refractivity contribution in [2.75, 3.05) is 13.7 Å². The molecule has 2 N–H and O–H groups in total. The molecule has 0 spiro atoms. The van der Waals surface area contributed by atoms with E-state index in [0.717, 1.165) is 12.7 Å². The zero-order valence-electron chi connectivity index (χ0n) is 13.5. The fraction of sp³-hybridized carbons (Fsp3) is 0.533. The van der Waals surface area contributed by atoms with Crippen LogP contribution in [-0.4, -0.2) is 38.7 Å². The van der Waals surface area contributed by atoms with E-state index in [-0.39, 0.29) is 10.3 Å². The Balaban J connectivity index is 3.12. The molecule has 0 saturated heterocycles. The average molecular weight is 329 g/mol. The van der Waals surface area contributed by atoms with Gasteiger partial charge in [0.15, 0.2) is 5.54 Å². The van der Waals surface area contributed by atoms with Gasteiger partial charge in [-0.1, -0.05) is 32.9 Å². The van der Waals surface area contributed by atoms with Crippen molar-refractivity contribution in [3.63, 3.8) is 0 Å². The van der Waals surface area contributed by atoms with E-state index in [4.69, 9.17) is 0 Å². The highest BCUT2D eigenvalue weighted by Gasteiger charge is 2.38. The van der Waals surface area contributed by atoms with Gasteiger partial charge in [-0.2, -0.15) is 4.72 Å². The lowest BCUT2D eigenvalue weighted by Gasteiger charge is -2.25. The summed E-state index contributed by atoms with van der Waals surface area (Å²) in [7, 11) is -2.83. The van der Waals surface area contributed by atoms with Crippen LogP contribution in [0.1, 0.15) is 33.3 Å². The second kappa shape index (κ2) is 6.36. The van der Waals surface area contributed by atoms with Crippen molar-refractivity contribution in [1.29, 1.82) is 0 Å². The third-order valence-corrected chi connectivity index (χ3v) is 4.95. The molecule has 0 aromatic heterocycles. The highest BCUT2D eigenvalue weighted by molar-refractivity contribution is 7.89. The summed E-state index contributed by atoms with van der Waals surface area (Å²) in [5, 5.41) is 9.32. The van der Waals surface area contributed by atoms with Crippen LogP contribution in [-0.2, 0) is 25.0 Å². The van der Waals surface area contributed by atoms with Gasteiger partial charge in [0.1, 0.15) is 0 Å². The van der Waals surface area contributed by atoms with Gasteiger partial charge in [0, 0.05) is 0 Å². The molecule has 1 rings (SSSR count). The first-order valence-electron chi connectivity index (χ1n) is 6.80. The molecular formula is C15H23NO5S. The van der Waals surface area contributed by atoms with Crippen molar-refractivity contribution in [1.82, 2.24) is 4.72 Å². The van der Waals surface area contributed by atoms with Gasteiger partial charge in [0.25, 0.3) is 0 Å². The smallest absolute Gasteiger partial charge is 0.329 e. The standard InChI is InChI=1S/C15H23NO5S/c1-14(2,3)11-6-8-12(9-7-11)22(19,20)16-15(4,10-17)13(18)21-5/h6-9,16-17H,10H2,1-5H3. The van der Waals surface area contributed by atoms with Crippen molar-refractivity contribution in [2.24, 2.45) is 0 Å². The molecule has 22 heavy (non-hydrogen) atoms. The second-order valence-corrected chi connectivity index (χ2v) is 8.04. The zero-order valence-corrected chi connectivity index (χ0v) is 14.3. The molecule has 124 valence electrons. The van der Waals surface area contributed by atoms with Crippen LogP contribution in [0, 0.1) is 0 Å². The summed E-state index contributed by atoms with van der Waals surface area (Å²) in [6.07, 6.45) is 0. The largest absolute Gasteiger partial charge is 0.468 e. The predicted molar refractivity (Wildman–Crippen MR) is 83.0 cm³/mol. The molecule has 0 aliphatic heterocycles. The van der Waals surface area contributed by atoms with Gasteiger partial charge in [0.2, 0.25) is 10.0 Å². The molecule has 0 aliphatic rings. The number of rotatable bonds is 5. The molecule has 0 radical (unpaired) electrons. The molecule has 0 heterocycles. The normalized spacial score (nSPS) is 15.2. The Hall–Kier alpha value is -1.44. The maximum absolute atomic E-state index is 12.4. The Labute approximate surface area is 131 Å². The number of methoxy groups -OCH3 is 1. The molecule has 0 amide bonds. The monoisotopic (exact) mass is 329 g/mol. The molecule has 0 fully saturated rings. The van der Waals surface area contributed by atoms with E-state index in [0.29, 0.717) is 0 Å². The minimum atomic E-state index is -3.96. The predicted octanol–water partition coefficient (Wildman–Crippen LogP) is 1.19. The minimum Gasteiger partial charge on any atom is -0.468 e. The summed E-state index contributed by atoms with van der Waals surface area (Å²) >= 11 is 0. The van der Waals surface area contributed by atoms with E-state index in [1.165, 1.54) is 19.1 Å². The number of ether oxygens (including phenoxy) is 1. The molecular weight excluding hydrogens is 306 g/mol.